The lowest BCUT2D eigenvalue weighted by molar-refractivity contribution is -0.141. The Morgan fingerprint density at radius 2 is 2.33 bits per heavy atom. The number of rotatable bonds is 3. The first-order valence-corrected chi connectivity index (χ1v) is 4.00. The second-order valence-electron chi connectivity index (χ2n) is 1.63. The maximum absolute atomic E-state index is 10.3. The van der Waals surface area contributed by atoms with Crippen molar-refractivity contribution in [1.29, 1.82) is 0 Å². The normalized spacial score (nSPS) is 12.8. The number of hydrogen-bond acceptors (Lipinski definition) is 3. The van der Waals surface area contributed by atoms with Gasteiger partial charge in [-0.3, -0.25) is 4.79 Å². The molecular weight excluding hydrogens is 136 g/mol. The van der Waals surface area contributed by atoms with Gasteiger partial charge in [-0.2, -0.15) is 0 Å². The summed E-state index contributed by atoms with van der Waals surface area (Å²) in [7, 11) is 0. The van der Waals surface area contributed by atoms with E-state index in [1.807, 2.05) is 13.8 Å². The highest BCUT2D eigenvalue weighted by Crippen LogP contribution is 2.09. The lowest BCUT2D eigenvalue weighted by atomic mass is 10.8. The van der Waals surface area contributed by atoms with E-state index in [0.717, 1.165) is 5.75 Å². The Balaban J connectivity index is 3.26. The molecule has 2 nitrogen and oxygen atoms in total. The fraction of sp³-hybridized carbons (Fsp3) is 0.833. The van der Waals surface area contributed by atoms with Crippen LogP contribution in [-0.4, -0.2) is 17.2 Å². The average Bonchev–Trinajstić information content (AvgIpc) is 1.63. The zero-order valence-electron chi connectivity index (χ0n) is 6.01. The predicted molar refractivity (Wildman–Crippen MR) is 39.4 cm³/mol. The third kappa shape index (κ3) is 5.69. The van der Waals surface area contributed by atoms with Crippen LogP contribution in [0.5, 0.6) is 0 Å². The van der Waals surface area contributed by atoms with E-state index in [1.54, 1.807) is 11.8 Å². The topological polar surface area (TPSA) is 26.3 Å². The van der Waals surface area contributed by atoms with E-state index in [4.69, 9.17) is 4.74 Å². The molecule has 0 radical (unpaired) electrons. The molecule has 0 fully saturated rings. The summed E-state index contributed by atoms with van der Waals surface area (Å²) in [5.41, 5.74) is 0.00694. The molecule has 1 unspecified atom stereocenters. The van der Waals surface area contributed by atoms with Gasteiger partial charge in [0.2, 0.25) is 0 Å². The van der Waals surface area contributed by atoms with Gasteiger partial charge in [-0.25, -0.2) is 0 Å². The van der Waals surface area contributed by atoms with Crippen LogP contribution in [0.1, 0.15) is 20.8 Å². The van der Waals surface area contributed by atoms with Crippen molar-refractivity contribution in [2.75, 3.05) is 5.75 Å². The van der Waals surface area contributed by atoms with Crippen LogP contribution < -0.4 is 0 Å². The Hall–Kier alpha value is -0.180. The molecule has 0 aromatic heterocycles. The van der Waals surface area contributed by atoms with Crippen LogP contribution in [0.2, 0.25) is 0 Å². The quantitative estimate of drug-likeness (QED) is 0.449. The Morgan fingerprint density at radius 3 is 2.67 bits per heavy atom. The molecule has 0 aliphatic rings. The van der Waals surface area contributed by atoms with Gasteiger partial charge in [0, 0.05) is 6.92 Å². The van der Waals surface area contributed by atoms with Gasteiger partial charge in [-0.05, 0) is 12.7 Å². The standard InChI is InChI=1S/C6H12O2S/c1-4-9-6(3)8-5(2)7/h6H,4H2,1-3H3. The Kier molecular flexibility index (Phi) is 4.58. The molecule has 0 aromatic carbocycles. The zero-order valence-corrected chi connectivity index (χ0v) is 6.83. The van der Waals surface area contributed by atoms with Crippen molar-refractivity contribution in [3.8, 4) is 0 Å². The SMILES string of the molecule is CCSC(C)OC(C)=O. The van der Waals surface area contributed by atoms with Crippen molar-refractivity contribution >= 4 is 17.7 Å². The summed E-state index contributed by atoms with van der Waals surface area (Å²) >= 11 is 1.62. The number of thioether (sulfide) groups is 1. The van der Waals surface area contributed by atoms with Gasteiger partial charge in [-0.15, -0.1) is 11.8 Å². The van der Waals surface area contributed by atoms with Crippen molar-refractivity contribution in [2.24, 2.45) is 0 Å². The van der Waals surface area contributed by atoms with Crippen molar-refractivity contribution in [3.63, 3.8) is 0 Å². The number of carbonyl (C=O) groups excluding carboxylic acids is 1. The van der Waals surface area contributed by atoms with Gasteiger partial charge >= 0.3 is 5.97 Å². The molecular formula is C6H12O2S. The highest BCUT2D eigenvalue weighted by Gasteiger charge is 2.01. The van der Waals surface area contributed by atoms with Crippen molar-refractivity contribution in [3.05, 3.63) is 0 Å². The van der Waals surface area contributed by atoms with Crippen LogP contribution in [0.4, 0.5) is 0 Å². The minimum atomic E-state index is -0.205. The number of hydrogen-bond donors (Lipinski definition) is 0. The van der Waals surface area contributed by atoms with Crippen LogP contribution >= 0.6 is 11.8 Å². The third-order valence-corrected chi connectivity index (χ3v) is 1.63. The van der Waals surface area contributed by atoms with E-state index in [1.165, 1.54) is 6.92 Å². The Bertz CT molecular complexity index is 93.1. The molecule has 0 bridgehead atoms. The summed E-state index contributed by atoms with van der Waals surface area (Å²) in [5, 5.41) is 0. The molecule has 0 saturated carbocycles. The Morgan fingerprint density at radius 1 is 1.78 bits per heavy atom. The largest absolute Gasteiger partial charge is 0.452 e. The molecule has 54 valence electrons. The smallest absolute Gasteiger partial charge is 0.303 e. The van der Waals surface area contributed by atoms with E-state index in [0.29, 0.717) is 0 Å². The first kappa shape index (κ1) is 8.82. The number of ether oxygens (including phenoxy) is 1. The summed E-state index contributed by atoms with van der Waals surface area (Å²) in [5.74, 6) is 0.775. The molecule has 0 aliphatic heterocycles. The summed E-state index contributed by atoms with van der Waals surface area (Å²) in [6, 6.07) is 0. The van der Waals surface area contributed by atoms with Crippen LogP contribution in [0.15, 0.2) is 0 Å². The fourth-order valence-corrected chi connectivity index (χ4v) is 1.18. The second-order valence-corrected chi connectivity index (χ2v) is 3.21. The average molecular weight is 148 g/mol. The molecule has 0 aliphatic carbocycles. The van der Waals surface area contributed by atoms with Crippen molar-refractivity contribution < 1.29 is 9.53 Å². The van der Waals surface area contributed by atoms with Crippen LogP contribution in [0.3, 0.4) is 0 Å². The van der Waals surface area contributed by atoms with Crippen LogP contribution in [0, 0.1) is 0 Å². The van der Waals surface area contributed by atoms with E-state index in [2.05, 4.69) is 0 Å². The molecule has 0 heterocycles. The monoisotopic (exact) mass is 148 g/mol. The van der Waals surface area contributed by atoms with Gasteiger partial charge in [0.15, 0.2) is 0 Å². The van der Waals surface area contributed by atoms with Gasteiger partial charge in [0.25, 0.3) is 0 Å². The van der Waals surface area contributed by atoms with Crippen LogP contribution in [-0.2, 0) is 9.53 Å². The minimum Gasteiger partial charge on any atom is -0.452 e. The highest BCUT2D eigenvalue weighted by molar-refractivity contribution is 7.99. The lowest BCUT2D eigenvalue weighted by Crippen LogP contribution is -2.07. The first-order valence-electron chi connectivity index (χ1n) is 2.95. The molecule has 0 rings (SSSR count). The fourth-order valence-electron chi connectivity index (χ4n) is 0.502. The van der Waals surface area contributed by atoms with Crippen molar-refractivity contribution in [1.82, 2.24) is 0 Å². The summed E-state index contributed by atoms with van der Waals surface area (Å²) in [6.45, 7) is 5.33. The summed E-state index contributed by atoms with van der Waals surface area (Å²) in [6.07, 6.45) is 0. The molecule has 0 aromatic rings. The third-order valence-electron chi connectivity index (χ3n) is 0.733. The zero-order chi connectivity index (χ0) is 7.28. The molecule has 1 atom stereocenters. The molecule has 0 amide bonds. The van der Waals surface area contributed by atoms with E-state index >= 15 is 0 Å². The predicted octanol–water partition coefficient (Wildman–Crippen LogP) is 1.65. The van der Waals surface area contributed by atoms with Gasteiger partial charge in [0.05, 0.1) is 0 Å². The summed E-state index contributed by atoms with van der Waals surface area (Å²) in [4.78, 5) is 10.3. The van der Waals surface area contributed by atoms with Gasteiger partial charge in [-0.1, -0.05) is 6.92 Å². The van der Waals surface area contributed by atoms with Crippen molar-refractivity contribution in [2.45, 2.75) is 26.2 Å². The molecule has 0 saturated heterocycles. The molecule has 3 heteroatoms. The van der Waals surface area contributed by atoms with E-state index < -0.39 is 0 Å². The Labute approximate surface area is 60.0 Å². The highest BCUT2D eigenvalue weighted by atomic mass is 32.2. The summed E-state index contributed by atoms with van der Waals surface area (Å²) < 4.78 is 4.81. The molecule has 0 N–H and O–H groups in total. The molecule has 9 heavy (non-hydrogen) atoms. The minimum absolute atomic E-state index is 0.00694. The maximum atomic E-state index is 10.3. The van der Waals surface area contributed by atoms with Gasteiger partial charge < -0.3 is 4.74 Å². The van der Waals surface area contributed by atoms with Crippen LogP contribution in [0.25, 0.3) is 0 Å². The van der Waals surface area contributed by atoms with Gasteiger partial charge in [0.1, 0.15) is 5.44 Å². The molecule has 0 spiro atoms. The number of carbonyl (C=O) groups is 1. The second kappa shape index (κ2) is 4.68. The van der Waals surface area contributed by atoms with E-state index in [9.17, 15) is 4.79 Å². The lowest BCUT2D eigenvalue weighted by Gasteiger charge is -2.08. The number of esters is 1. The first-order chi connectivity index (χ1) is 4.16. The van der Waals surface area contributed by atoms with E-state index in [-0.39, 0.29) is 11.4 Å². The maximum Gasteiger partial charge on any atom is 0.303 e.